The van der Waals surface area contributed by atoms with Gasteiger partial charge in [-0.2, -0.15) is 0 Å². The van der Waals surface area contributed by atoms with Gasteiger partial charge >= 0.3 is 5.97 Å². The molecule has 4 nitrogen and oxygen atoms in total. The molecule has 1 aliphatic heterocycles. The van der Waals surface area contributed by atoms with Crippen molar-refractivity contribution >= 4 is 5.97 Å². The molecule has 4 atom stereocenters. The Bertz CT molecular complexity index is 295. The highest BCUT2D eigenvalue weighted by molar-refractivity contribution is 5.70. The van der Waals surface area contributed by atoms with Crippen LogP contribution in [0.25, 0.3) is 0 Å². The third kappa shape index (κ3) is 2.86. The normalized spacial score (nSPS) is 37.7. The highest BCUT2D eigenvalue weighted by Gasteiger charge is 2.38. The molecular weight excluding hydrogens is 230 g/mol. The molecule has 4 heteroatoms. The Labute approximate surface area is 109 Å². The number of carboxylic acids is 1. The van der Waals surface area contributed by atoms with Crippen LogP contribution >= 0.6 is 0 Å². The monoisotopic (exact) mass is 255 g/mol. The zero-order valence-electron chi connectivity index (χ0n) is 11.5. The number of hydrogen-bond donors (Lipinski definition) is 1. The minimum Gasteiger partial charge on any atom is -0.481 e. The van der Waals surface area contributed by atoms with Crippen molar-refractivity contribution in [1.29, 1.82) is 0 Å². The lowest BCUT2D eigenvalue weighted by atomic mass is 9.92. The lowest BCUT2D eigenvalue weighted by Crippen LogP contribution is -2.48. The second kappa shape index (κ2) is 6.02. The first-order valence-electron chi connectivity index (χ1n) is 7.17. The maximum atomic E-state index is 11.5. The van der Waals surface area contributed by atoms with Crippen molar-refractivity contribution in [2.75, 3.05) is 13.7 Å². The maximum Gasteiger partial charge on any atom is 0.308 e. The Morgan fingerprint density at radius 3 is 2.50 bits per heavy atom. The van der Waals surface area contributed by atoms with Crippen LogP contribution in [0.3, 0.4) is 0 Å². The molecule has 1 saturated carbocycles. The van der Waals surface area contributed by atoms with E-state index in [1.165, 1.54) is 6.42 Å². The van der Waals surface area contributed by atoms with Gasteiger partial charge in [0.05, 0.1) is 12.0 Å². The molecule has 1 heterocycles. The average molecular weight is 255 g/mol. The summed E-state index contributed by atoms with van der Waals surface area (Å²) >= 11 is 0. The van der Waals surface area contributed by atoms with E-state index in [2.05, 4.69) is 18.9 Å². The predicted octanol–water partition coefficient (Wildman–Crippen LogP) is 2.13. The number of likely N-dealkylation sites (N-methyl/N-ethyl adjacent to an activating group) is 1. The molecule has 0 radical (unpaired) electrons. The minimum atomic E-state index is -0.625. The Balaban J connectivity index is 2.08. The first kappa shape index (κ1) is 13.8. The van der Waals surface area contributed by atoms with Gasteiger partial charge in [-0.1, -0.05) is 19.3 Å². The van der Waals surface area contributed by atoms with Crippen LogP contribution in [0, 0.1) is 5.92 Å². The molecule has 2 rings (SSSR count). The van der Waals surface area contributed by atoms with Gasteiger partial charge in [-0.15, -0.1) is 0 Å². The largest absolute Gasteiger partial charge is 0.481 e. The quantitative estimate of drug-likeness (QED) is 0.785. The van der Waals surface area contributed by atoms with E-state index in [9.17, 15) is 9.90 Å². The van der Waals surface area contributed by atoms with Crippen molar-refractivity contribution in [2.45, 2.75) is 63.6 Å². The van der Waals surface area contributed by atoms with E-state index in [4.69, 9.17) is 4.74 Å². The number of carboxylic acid groups (broad SMARTS) is 1. The van der Waals surface area contributed by atoms with Crippen molar-refractivity contribution in [1.82, 2.24) is 4.90 Å². The number of aliphatic carboxylic acids is 1. The van der Waals surface area contributed by atoms with Crippen LogP contribution in [0.15, 0.2) is 0 Å². The second-order valence-electron chi connectivity index (χ2n) is 5.75. The number of nitrogens with zero attached hydrogens (tertiary/aromatic N) is 1. The third-order valence-electron chi connectivity index (χ3n) is 4.68. The van der Waals surface area contributed by atoms with E-state index in [1.807, 2.05) is 0 Å². The molecule has 18 heavy (non-hydrogen) atoms. The summed E-state index contributed by atoms with van der Waals surface area (Å²) in [5, 5.41) is 9.43. The Kier molecular flexibility index (Phi) is 4.62. The first-order chi connectivity index (χ1) is 8.61. The summed E-state index contributed by atoms with van der Waals surface area (Å²) in [6, 6.07) is 0.564. The molecule has 104 valence electrons. The van der Waals surface area contributed by atoms with Gasteiger partial charge in [0.1, 0.15) is 0 Å². The lowest BCUT2D eigenvalue weighted by molar-refractivity contribution is -0.145. The summed E-state index contributed by atoms with van der Waals surface area (Å²) in [7, 11) is 2.09. The van der Waals surface area contributed by atoms with Crippen molar-refractivity contribution in [3.8, 4) is 0 Å². The second-order valence-corrected chi connectivity index (χ2v) is 5.75. The fourth-order valence-corrected chi connectivity index (χ4v) is 3.56. The van der Waals surface area contributed by atoms with Crippen LogP contribution in [-0.2, 0) is 9.53 Å². The topological polar surface area (TPSA) is 49.8 Å². The highest BCUT2D eigenvalue weighted by Crippen LogP contribution is 2.31. The fourth-order valence-electron chi connectivity index (χ4n) is 3.56. The smallest absolute Gasteiger partial charge is 0.308 e. The molecule has 1 saturated heterocycles. The molecule has 2 fully saturated rings. The van der Waals surface area contributed by atoms with Gasteiger partial charge in [0.15, 0.2) is 0 Å². The molecule has 2 aliphatic rings. The number of hydrogen-bond acceptors (Lipinski definition) is 3. The molecule has 0 aromatic heterocycles. The number of ether oxygens (including phenoxy) is 1. The van der Waals surface area contributed by atoms with Gasteiger partial charge in [0.25, 0.3) is 0 Å². The Morgan fingerprint density at radius 1 is 1.17 bits per heavy atom. The van der Waals surface area contributed by atoms with Gasteiger partial charge in [-0.05, 0) is 33.2 Å². The molecule has 4 unspecified atom stereocenters. The van der Waals surface area contributed by atoms with E-state index in [-0.39, 0.29) is 18.1 Å². The highest BCUT2D eigenvalue weighted by atomic mass is 16.5. The summed E-state index contributed by atoms with van der Waals surface area (Å²) in [6.07, 6.45) is 6.47. The standard InChI is InChI=1S/C14H25NO3/c1-10-12(8-9-18-10)15(2)13-7-5-3-4-6-11(13)14(16)17/h10-13H,3-9H2,1-2H3,(H,16,17). The molecule has 0 amide bonds. The van der Waals surface area contributed by atoms with Crippen LogP contribution in [0.4, 0.5) is 0 Å². The molecule has 1 aliphatic carbocycles. The van der Waals surface area contributed by atoms with Crippen molar-refractivity contribution in [3.05, 3.63) is 0 Å². The van der Waals surface area contributed by atoms with Crippen LogP contribution in [0.5, 0.6) is 0 Å². The zero-order chi connectivity index (χ0) is 13.1. The van der Waals surface area contributed by atoms with Gasteiger partial charge in [-0.25, -0.2) is 0 Å². The molecule has 0 spiro atoms. The van der Waals surface area contributed by atoms with Crippen LogP contribution in [-0.4, -0.2) is 47.8 Å². The molecule has 1 N–H and O–H groups in total. The zero-order valence-corrected chi connectivity index (χ0v) is 11.5. The number of rotatable bonds is 3. The number of carbonyl (C=O) groups is 1. The van der Waals surface area contributed by atoms with Crippen LogP contribution in [0.2, 0.25) is 0 Å². The van der Waals surface area contributed by atoms with Gasteiger partial charge < -0.3 is 9.84 Å². The molecule has 0 aromatic carbocycles. The van der Waals surface area contributed by atoms with E-state index >= 15 is 0 Å². The average Bonchev–Trinajstić information content (AvgIpc) is 2.63. The molecule has 0 bridgehead atoms. The van der Waals surface area contributed by atoms with Crippen molar-refractivity contribution < 1.29 is 14.6 Å². The van der Waals surface area contributed by atoms with Crippen LogP contribution in [0.1, 0.15) is 45.4 Å². The summed E-state index contributed by atoms with van der Waals surface area (Å²) < 4.78 is 5.62. The first-order valence-corrected chi connectivity index (χ1v) is 7.17. The lowest BCUT2D eigenvalue weighted by Gasteiger charge is -2.36. The van der Waals surface area contributed by atoms with Gasteiger partial charge in [-0.3, -0.25) is 9.69 Å². The summed E-state index contributed by atoms with van der Waals surface area (Å²) in [6.45, 7) is 2.90. The van der Waals surface area contributed by atoms with Crippen molar-refractivity contribution in [3.63, 3.8) is 0 Å². The third-order valence-corrected chi connectivity index (χ3v) is 4.68. The fraction of sp³-hybridized carbons (Fsp3) is 0.929. The minimum absolute atomic E-state index is 0.180. The molecule has 0 aromatic rings. The van der Waals surface area contributed by atoms with Crippen LogP contribution < -0.4 is 0 Å². The Morgan fingerprint density at radius 2 is 1.89 bits per heavy atom. The van der Waals surface area contributed by atoms with E-state index in [0.717, 1.165) is 38.7 Å². The Hall–Kier alpha value is -0.610. The predicted molar refractivity (Wildman–Crippen MR) is 69.6 cm³/mol. The summed E-state index contributed by atoms with van der Waals surface area (Å²) in [4.78, 5) is 13.8. The maximum absolute atomic E-state index is 11.5. The van der Waals surface area contributed by atoms with Gasteiger partial charge in [0.2, 0.25) is 0 Å². The molecular formula is C14H25NO3. The van der Waals surface area contributed by atoms with E-state index in [0.29, 0.717) is 6.04 Å². The summed E-state index contributed by atoms with van der Waals surface area (Å²) in [5.74, 6) is -0.828. The SMILES string of the molecule is CC1OCCC1N(C)C1CCCCCC1C(=O)O. The summed E-state index contributed by atoms with van der Waals surface area (Å²) in [5.41, 5.74) is 0. The van der Waals surface area contributed by atoms with E-state index in [1.54, 1.807) is 0 Å². The van der Waals surface area contributed by atoms with Crippen molar-refractivity contribution in [2.24, 2.45) is 5.92 Å². The van der Waals surface area contributed by atoms with E-state index < -0.39 is 5.97 Å². The van der Waals surface area contributed by atoms with Gasteiger partial charge in [0, 0.05) is 18.7 Å².